The highest BCUT2D eigenvalue weighted by molar-refractivity contribution is 7.12. The number of ether oxygens (including phenoxy) is 1. The van der Waals surface area contributed by atoms with Gasteiger partial charge in [-0.3, -0.25) is 9.59 Å². The van der Waals surface area contributed by atoms with Gasteiger partial charge in [-0.05, 0) is 6.07 Å². The van der Waals surface area contributed by atoms with Crippen molar-refractivity contribution in [1.82, 2.24) is 4.57 Å². The van der Waals surface area contributed by atoms with Gasteiger partial charge in [0.15, 0.2) is 10.9 Å². The first-order valence-electron chi connectivity index (χ1n) is 7.71. The Morgan fingerprint density at radius 2 is 2.11 bits per heavy atom. The van der Waals surface area contributed by atoms with Gasteiger partial charge in [0.2, 0.25) is 0 Å². The number of carbonyl (C=O) groups is 1. The third-order valence-electron chi connectivity index (χ3n) is 3.59. The normalized spacial score (nSPS) is 13.8. The molecule has 1 fully saturated rings. The molecule has 5 nitrogen and oxygen atoms in total. The third kappa shape index (κ3) is 4.56. The Labute approximate surface area is 154 Å². The molecule has 0 aromatic carbocycles. The summed E-state index contributed by atoms with van der Waals surface area (Å²) in [6.45, 7) is -0.0598. The molecule has 1 amide bonds. The van der Waals surface area contributed by atoms with Crippen molar-refractivity contribution in [3.63, 3.8) is 0 Å². The molecular formula is C17H12F4N2O3S. The van der Waals surface area contributed by atoms with E-state index in [0.29, 0.717) is 35.2 Å². The predicted octanol–water partition coefficient (Wildman–Crippen LogP) is 2.70. The summed E-state index contributed by atoms with van der Waals surface area (Å²) in [6.07, 6.45) is -1.97. The van der Waals surface area contributed by atoms with E-state index in [0.717, 1.165) is 6.20 Å². The summed E-state index contributed by atoms with van der Waals surface area (Å²) in [5.41, 5.74) is -1.38. The van der Waals surface area contributed by atoms with Crippen LogP contribution in [0.5, 0.6) is 0 Å². The molecule has 1 N–H and O–H groups in total. The van der Waals surface area contributed by atoms with E-state index < -0.39 is 35.4 Å². The Kier molecular flexibility index (Phi) is 5.62. The Morgan fingerprint density at radius 1 is 1.37 bits per heavy atom. The molecule has 142 valence electrons. The summed E-state index contributed by atoms with van der Waals surface area (Å²) in [5, 5.41) is 1.61. The highest BCUT2D eigenvalue weighted by Crippen LogP contribution is 2.22. The Balaban J connectivity index is 1.78. The minimum atomic E-state index is -2.87. The van der Waals surface area contributed by atoms with Crippen molar-refractivity contribution in [1.29, 1.82) is 0 Å². The van der Waals surface area contributed by atoms with Gasteiger partial charge < -0.3 is 14.6 Å². The first-order chi connectivity index (χ1) is 12.8. The first-order valence-corrected chi connectivity index (χ1v) is 8.53. The quantitative estimate of drug-likeness (QED) is 0.634. The average molecular weight is 400 g/mol. The fourth-order valence-corrected chi connectivity index (χ4v) is 2.94. The topological polar surface area (TPSA) is 60.3 Å². The number of hydrogen-bond donors (Lipinski definition) is 1. The minimum Gasteiger partial charge on any atom is -0.379 e. The first kappa shape index (κ1) is 19.1. The number of nitrogens with one attached hydrogen (secondary N) is 1. The number of alkyl halides is 2. The van der Waals surface area contributed by atoms with Crippen LogP contribution >= 0.6 is 11.3 Å². The molecule has 1 aliphatic heterocycles. The molecule has 1 aliphatic rings. The highest BCUT2D eigenvalue weighted by atomic mass is 32.1. The molecule has 27 heavy (non-hydrogen) atoms. The van der Waals surface area contributed by atoms with Crippen molar-refractivity contribution >= 4 is 22.9 Å². The standard InChI is InChI=1S/C17H12F4N2O3S/c18-12-4-11(5-23(17(12)25)6-14(19)20)22-16(24)13-3-10(15(21)27-13)2-1-9-7-26-8-9/h3-5,9,14H,6-8H2,(H,22,24). The van der Waals surface area contributed by atoms with E-state index in [1.165, 1.54) is 6.07 Å². The van der Waals surface area contributed by atoms with Crippen LogP contribution in [-0.2, 0) is 11.3 Å². The number of halogens is 4. The van der Waals surface area contributed by atoms with E-state index in [-0.39, 0.29) is 22.0 Å². The number of carbonyl (C=O) groups excluding carboxylic acids is 1. The van der Waals surface area contributed by atoms with Gasteiger partial charge in [0.1, 0.15) is 0 Å². The van der Waals surface area contributed by atoms with Gasteiger partial charge in [-0.25, -0.2) is 13.2 Å². The number of pyridine rings is 1. The zero-order valence-corrected chi connectivity index (χ0v) is 14.4. The zero-order valence-electron chi connectivity index (χ0n) is 13.6. The molecule has 1 saturated heterocycles. The molecular weight excluding hydrogens is 388 g/mol. The van der Waals surface area contributed by atoms with Crippen LogP contribution in [0.3, 0.4) is 0 Å². The maximum absolute atomic E-state index is 13.9. The van der Waals surface area contributed by atoms with Crippen molar-refractivity contribution in [3.05, 3.63) is 50.1 Å². The van der Waals surface area contributed by atoms with E-state index >= 15 is 0 Å². The molecule has 0 spiro atoms. The van der Waals surface area contributed by atoms with Crippen molar-refractivity contribution in [2.24, 2.45) is 5.92 Å². The SMILES string of the molecule is O=C(Nc1cc(F)c(=O)n(CC(F)F)c1)c1cc(C#CC2COC2)c(F)s1. The fourth-order valence-electron chi connectivity index (χ4n) is 2.21. The third-order valence-corrected chi connectivity index (χ3v) is 4.52. The zero-order chi connectivity index (χ0) is 19.6. The van der Waals surface area contributed by atoms with Gasteiger partial charge in [0.05, 0.1) is 41.8 Å². The molecule has 0 unspecified atom stereocenters. The van der Waals surface area contributed by atoms with Crippen molar-refractivity contribution in [2.75, 3.05) is 18.5 Å². The number of aromatic nitrogens is 1. The van der Waals surface area contributed by atoms with Gasteiger partial charge in [0.25, 0.3) is 17.9 Å². The maximum atomic E-state index is 13.9. The summed E-state index contributed by atoms with van der Waals surface area (Å²) in [6, 6.07) is 1.96. The molecule has 0 atom stereocenters. The van der Waals surface area contributed by atoms with Crippen LogP contribution in [0.25, 0.3) is 0 Å². The number of hydrogen-bond acceptors (Lipinski definition) is 4. The molecule has 0 saturated carbocycles. The molecule has 0 radical (unpaired) electrons. The summed E-state index contributed by atoms with van der Waals surface area (Å²) >= 11 is 0.546. The lowest BCUT2D eigenvalue weighted by molar-refractivity contribution is -0.00300. The smallest absolute Gasteiger partial charge is 0.286 e. The molecule has 10 heteroatoms. The van der Waals surface area contributed by atoms with E-state index in [9.17, 15) is 27.2 Å². The van der Waals surface area contributed by atoms with Gasteiger partial charge in [-0.1, -0.05) is 23.2 Å². The fraction of sp³-hybridized carbons (Fsp3) is 0.294. The van der Waals surface area contributed by atoms with Crippen molar-refractivity contribution < 1.29 is 27.1 Å². The largest absolute Gasteiger partial charge is 0.379 e. The number of amides is 1. The van der Waals surface area contributed by atoms with E-state index in [4.69, 9.17) is 4.74 Å². The van der Waals surface area contributed by atoms with Crippen molar-refractivity contribution in [3.8, 4) is 11.8 Å². The predicted molar refractivity (Wildman–Crippen MR) is 90.1 cm³/mol. The van der Waals surface area contributed by atoms with Crippen LogP contribution in [0.15, 0.2) is 23.1 Å². The van der Waals surface area contributed by atoms with Crippen LogP contribution in [0.1, 0.15) is 15.2 Å². The molecule has 0 aliphatic carbocycles. The van der Waals surface area contributed by atoms with Crippen LogP contribution in [0, 0.1) is 28.7 Å². The van der Waals surface area contributed by atoms with Crippen LogP contribution in [-0.4, -0.2) is 30.1 Å². The summed E-state index contributed by atoms with van der Waals surface area (Å²) < 4.78 is 57.9. The molecule has 3 rings (SSSR count). The Hall–Kier alpha value is -2.64. The van der Waals surface area contributed by atoms with Gasteiger partial charge in [0, 0.05) is 12.3 Å². The molecule has 2 aromatic rings. The summed E-state index contributed by atoms with van der Waals surface area (Å²) in [5.74, 6) is 3.42. The molecule has 0 bridgehead atoms. The number of rotatable bonds is 4. The monoisotopic (exact) mass is 400 g/mol. The maximum Gasteiger partial charge on any atom is 0.286 e. The van der Waals surface area contributed by atoms with Gasteiger partial charge >= 0.3 is 0 Å². The lowest BCUT2D eigenvalue weighted by atomic mass is 10.1. The minimum absolute atomic E-state index is 0.0282. The Bertz CT molecular complexity index is 986. The van der Waals surface area contributed by atoms with E-state index in [1.54, 1.807) is 0 Å². The molecule has 2 aromatic heterocycles. The molecule has 3 heterocycles. The second-order valence-electron chi connectivity index (χ2n) is 5.68. The average Bonchev–Trinajstić information content (AvgIpc) is 2.91. The highest BCUT2D eigenvalue weighted by Gasteiger charge is 2.18. The number of nitrogens with zero attached hydrogens (tertiary/aromatic N) is 1. The van der Waals surface area contributed by atoms with Crippen molar-refractivity contribution in [2.45, 2.75) is 13.0 Å². The van der Waals surface area contributed by atoms with Crippen LogP contribution in [0.4, 0.5) is 23.2 Å². The van der Waals surface area contributed by atoms with Gasteiger partial charge in [-0.15, -0.1) is 0 Å². The van der Waals surface area contributed by atoms with E-state index in [1.807, 2.05) is 0 Å². The van der Waals surface area contributed by atoms with Crippen LogP contribution in [0.2, 0.25) is 0 Å². The lowest BCUT2D eigenvalue weighted by Gasteiger charge is -2.19. The van der Waals surface area contributed by atoms with Crippen LogP contribution < -0.4 is 10.9 Å². The second-order valence-corrected chi connectivity index (χ2v) is 6.68. The Morgan fingerprint density at radius 3 is 2.74 bits per heavy atom. The number of anilines is 1. The van der Waals surface area contributed by atoms with Gasteiger partial charge in [-0.2, -0.15) is 4.39 Å². The lowest BCUT2D eigenvalue weighted by Crippen LogP contribution is -2.26. The number of thiophene rings is 1. The van der Waals surface area contributed by atoms with E-state index in [2.05, 4.69) is 17.2 Å². The summed E-state index contributed by atoms with van der Waals surface area (Å²) in [7, 11) is 0. The second kappa shape index (κ2) is 7.94. The summed E-state index contributed by atoms with van der Waals surface area (Å²) in [4.78, 5) is 23.7.